The highest BCUT2D eigenvalue weighted by atomic mass is 19.1. The highest BCUT2D eigenvalue weighted by Crippen LogP contribution is 2.19. The average molecular weight is 263 g/mol. The highest BCUT2D eigenvalue weighted by molar-refractivity contribution is 5.99. The molecule has 1 atom stereocenters. The zero-order valence-corrected chi connectivity index (χ0v) is 10.3. The second-order valence-corrected chi connectivity index (χ2v) is 4.03. The monoisotopic (exact) mass is 263 g/mol. The van der Waals surface area contributed by atoms with Gasteiger partial charge in [-0.05, 0) is 19.1 Å². The molecule has 100 valence electrons. The van der Waals surface area contributed by atoms with Gasteiger partial charge in [-0.25, -0.2) is 4.39 Å². The minimum absolute atomic E-state index is 0.0283. The number of hydrogen-bond donors (Lipinski definition) is 4. The lowest BCUT2D eigenvalue weighted by Gasteiger charge is -2.14. The largest absolute Gasteiger partial charge is 0.345 e. The van der Waals surface area contributed by atoms with E-state index >= 15 is 0 Å². The van der Waals surface area contributed by atoms with Crippen molar-refractivity contribution in [3.63, 3.8) is 0 Å². The van der Waals surface area contributed by atoms with Gasteiger partial charge in [0.05, 0.1) is 23.5 Å². The third kappa shape index (κ3) is 2.71. The summed E-state index contributed by atoms with van der Waals surface area (Å²) in [6, 6.07) is 3.93. The van der Waals surface area contributed by atoms with Crippen molar-refractivity contribution in [3.8, 4) is 0 Å². The van der Waals surface area contributed by atoms with E-state index in [2.05, 4.69) is 20.9 Å². The fourth-order valence-electron chi connectivity index (χ4n) is 1.72. The van der Waals surface area contributed by atoms with E-state index in [1.54, 1.807) is 19.3 Å². The minimum atomic E-state index is -0.578. The molecule has 0 aliphatic carbocycles. The molecule has 1 amide bonds. The smallest absolute Gasteiger partial charge is 0.254 e. The van der Waals surface area contributed by atoms with Gasteiger partial charge in [0, 0.05) is 11.8 Å². The first-order valence-corrected chi connectivity index (χ1v) is 5.68. The van der Waals surface area contributed by atoms with Gasteiger partial charge < -0.3 is 10.7 Å². The Hall–Kier alpha value is -2.41. The first-order valence-electron chi connectivity index (χ1n) is 5.68. The number of nitrogens with two attached hydrogens (primary N) is 1. The van der Waals surface area contributed by atoms with E-state index in [1.807, 2.05) is 0 Å². The number of nitrogens with one attached hydrogen (secondary N) is 3. The number of anilines is 1. The number of hydrogen-bond acceptors (Lipinski definition) is 4. The number of H-pyrrole nitrogens is 1. The summed E-state index contributed by atoms with van der Waals surface area (Å²) >= 11 is 0. The number of nitrogens with zero attached hydrogens (tertiary/aromatic N) is 1. The van der Waals surface area contributed by atoms with Crippen LogP contribution < -0.4 is 16.6 Å². The molecule has 7 heteroatoms. The van der Waals surface area contributed by atoms with Crippen molar-refractivity contribution in [1.29, 1.82) is 0 Å². The first kappa shape index (κ1) is 13.0. The molecular formula is C12H14FN5O. The van der Waals surface area contributed by atoms with Crippen LogP contribution >= 0.6 is 0 Å². The SMILES string of the molecule is CC(NC(=O)c1cccc(F)c1NN)c1cn[nH]c1. The molecule has 2 aromatic rings. The van der Waals surface area contributed by atoms with E-state index in [1.165, 1.54) is 18.2 Å². The number of hydrazine groups is 1. The van der Waals surface area contributed by atoms with Crippen LogP contribution in [0, 0.1) is 5.82 Å². The Morgan fingerprint density at radius 1 is 1.53 bits per heavy atom. The van der Waals surface area contributed by atoms with Crippen LogP contribution in [0.15, 0.2) is 30.6 Å². The number of amides is 1. The quantitative estimate of drug-likeness (QED) is 0.494. The third-order valence-electron chi connectivity index (χ3n) is 2.77. The summed E-state index contributed by atoms with van der Waals surface area (Å²) in [5.41, 5.74) is 3.15. The van der Waals surface area contributed by atoms with Crippen molar-refractivity contribution in [2.45, 2.75) is 13.0 Å². The van der Waals surface area contributed by atoms with Crippen LogP contribution in [0.3, 0.4) is 0 Å². The molecule has 1 aromatic heterocycles. The Balaban J connectivity index is 2.19. The third-order valence-corrected chi connectivity index (χ3v) is 2.77. The van der Waals surface area contributed by atoms with Crippen molar-refractivity contribution in [3.05, 3.63) is 47.5 Å². The predicted octanol–water partition coefficient (Wildman–Crippen LogP) is 1.33. The highest BCUT2D eigenvalue weighted by Gasteiger charge is 2.17. The maximum Gasteiger partial charge on any atom is 0.254 e. The van der Waals surface area contributed by atoms with Gasteiger partial charge in [-0.3, -0.25) is 15.7 Å². The lowest BCUT2D eigenvalue weighted by Crippen LogP contribution is -2.28. The Kier molecular flexibility index (Phi) is 3.76. The number of nitrogen functional groups attached to an aromatic ring is 1. The molecule has 6 nitrogen and oxygen atoms in total. The van der Waals surface area contributed by atoms with Gasteiger partial charge in [0.15, 0.2) is 0 Å². The van der Waals surface area contributed by atoms with E-state index in [9.17, 15) is 9.18 Å². The van der Waals surface area contributed by atoms with Crippen LogP contribution in [0.5, 0.6) is 0 Å². The lowest BCUT2D eigenvalue weighted by molar-refractivity contribution is 0.0940. The Morgan fingerprint density at radius 2 is 2.32 bits per heavy atom. The van der Waals surface area contributed by atoms with E-state index in [0.717, 1.165) is 5.56 Å². The normalized spacial score (nSPS) is 11.9. The number of carbonyl (C=O) groups is 1. The zero-order chi connectivity index (χ0) is 13.8. The molecule has 5 N–H and O–H groups in total. The maximum atomic E-state index is 13.5. The molecule has 2 rings (SSSR count). The fourth-order valence-corrected chi connectivity index (χ4v) is 1.72. The summed E-state index contributed by atoms with van der Waals surface area (Å²) in [7, 11) is 0. The number of aromatic amines is 1. The molecule has 0 bridgehead atoms. The van der Waals surface area contributed by atoms with Crippen LogP contribution in [-0.2, 0) is 0 Å². The Bertz CT molecular complexity index is 570. The summed E-state index contributed by atoms with van der Waals surface area (Å²) in [5, 5.41) is 9.20. The lowest BCUT2D eigenvalue weighted by atomic mass is 10.1. The van der Waals surface area contributed by atoms with Gasteiger partial charge in [-0.2, -0.15) is 5.10 Å². The first-order chi connectivity index (χ1) is 9.13. The number of rotatable bonds is 4. The number of para-hydroxylation sites is 1. The molecule has 0 saturated carbocycles. The standard InChI is InChI=1S/C12H14FN5O/c1-7(8-5-15-16-6-8)17-12(19)9-3-2-4-10(13)11(9)18-14/h2-7,18H,14H2,1H3,(H,15,16)(H,17,19). The van der Waals surface area contributed by atoms with Crippen LogP contribution in [0.4, 0.5) is 10.1 Å². The number of carbonyl (C=O) groups excluding carboxylic acids is 1. The van der Waals surface area contributed by atoms with E-state index < -0.39 is 11.7 Å². The van der Waals surface area contributed by atoms with E-state index in [4.69, 9.17) is 5.84 Å². The van der Waals surface area contributed by atoms with Crippen LogP contribution in [0.25, 0.3) is 0 Å². The van der Waals surface area contributed by atoms with Crippen molar-refractivity contribution >= 4 is 11.6 Å². The Morgan fingerprint density at radius 3 is 2.95 bits per heavy atom. The summed E-state index contributed by atoms with van der Waals surface area (Å²) in [6.45, 7) is 1.80. The molecule has 0 fully saturated rings. The average Bonchev–Trinajstić information content (AvgIpc) is 2.92. The van der Waals surface area contributed by atoms with Crippen LogP contribution in [-0.4, -0.2) is 16.1 Å². The van der Waals surface area contributed by atoms with Gasteiger partial charge in [0.2, 0.25) is 0 Å². The summed E-state index contributed by atoms with van der Waals surface area (Å²) < 4.78 is 13.5. The van der Waals surface area contributed by atoms with Crippen molar-refractivity contribution in [2.75, 3.05) is 5.43 Å². The van der Waals surface area contributed by atoms with Gasteiger partial charge >= 0.3 is 0 Å². The van der Waals surface area contributed by atoms with Gasteiger partial charge in [0.1, 0.15) is 5.82 Å². The van der Waals surface area contributed by atoms with Crippen LogP contribution in [0.1, 0.15) is 28.9 Å². The summed E-state index contributed by atoms with van der Waals surface area (Å²) in [5.74, 6) is 4.24. The van der Waals surface area contributed by atoms with Gasteiger partial charge in [-0.15, -0.1) is 0 Å². The van der Waals surface area contributed by atoms with Crippen molar-refractivity contribution in [2.24, 2.45) is 5.84 Å². The Labute approximate surface area is 109 Å². The van der Waals surface area contributed by atoms with E-state index in [0.29, 0.717) is 0 Å². The molecular weight excluding hydrogens is 249 g/mol. The molecule has 1 heterocycles. The molecule has 0 aliphatic rings. The number of halogens is 1. The fraction of sp³-hybridized carbons (Fsp3) is 0.167. The van der Waals surface area contributed by atoms with E-state index in [-0.39, 0.29) is 17.3 Å². The topological polar surface area (TPSA) is 95.8 Å². The number of benzene rings is 1. The molecule has 0 saturated heterocycles. The predicted molar refractivity (Wildman–Crippen MR) is 68.7 cm³/mol. The maximum absolute atomic E-state index is 13.5. The van der Waals surface area contributed by atoms with Crippen LogP contribution in [0.2, 0.25) is 0 Å². The minimum Gasteiger partial charge on any atom is -0.345 e. The molecule has 0 spiro atoms. The van der Waals surface area contributed by atoms with Crippen molar-refractivity contribution < 1.29 is 9.18 Å². The second kappa shape index (κ2) is 5.49. The van der Waals surface area contributed by atoms with Gasteiger partial charge in [0.25, 0.3) is 5.91 Å². The molecule has 1 aromatic carbocycles. The molecule has 0 aliphatic heterocycles. The zero-order valence-electron chi connectivity index (χ0n) is 10.3. The molecule has 19 heavy (non-hydrogen) atoms. The molecule has 1 unspecified atom stereocenters. The van der Waals surface area contributed by atoms with Gasteiger partial charge in [-0.1, -0.05) is 6.07 Å². The second-order valence-electron chi connectivity index (χ2n) is 4.03. The number of aromatic nitrogens is 2. The van der Waals surface area contributed by atoms with Crippen molar-refractivity contribution in [1.82, 2.24) is 15.5 Å². The summed E-state index contributed by atoms with van der Waals surface area (Å²) in [6.07, 6.45) is 3.29. The summed E-state index contributed by atoms with van der Waals surface area (Å²) in [4.78, 5) is 12.1. The molecule has 0 radical (unpaired) electrons.